The van der Waals surface area contributed by atoms with Crippen LogP contribution in [0.1, 0.15) is 33.1 Å². The highest BCUT2D eigenvalue weighted by molar-refractivity contribution is 7.98. The van der Waals surface area contributed by atoms with Gasteiger partial charge in [-0.2, -0.15) is 8.78 Å². The number of alkyl halides is 2. The number of anilines is 1. The Morgan fingerprint density at radius 3 is 2.39 bits per heavy atom. The third-order valence-electron chi connectivity index (χ3n) is 4.58. The fourth-order valence-corrected chi connectivity index (χ4v) is 4.02. The second-order valence-corrected chi connectivity index (χ2v) is 7.03. The Morgan fingerprint density at radius 2 is 1.79 bits per heavy atom. The Morgan fingerprint density at radius 1 is 1.07 bits per heavy atom. The lowest BCUT2D eigenvalue weighted by atomic mass is 10.2. The summed E-state index contributed by atoms with van der Waals surface area (Å²) in [5.41, 5.74) is 2.15. The SMILES string of the molecule is CCN(CC)c1ccc(-c2nnc(SCc3nccn3C(F)F)n2CC)cc1. The first-order valence-corrected chi connectivity index (χ1v) is 10.3. The topological polar surface area (TPSA) is 51.8 Å². The molecule has 0 radical (unpaired) electrons. The first-order chi connectivity index (χ1) is 13.6. The number of nitrogens with zero attached hydrogens (tertiary/aromatic N) is 6. The fraction of sp³-hybridized carbons (Fsp3) is 0.421. The van der Waals surface area contributed by atoms with E-state index in [1.165, 1.54) is 29.8 Å². The van der Waals surface area contributed by atoms with E-state index >= 15 is 0 Å². The highest BCUT2D eigenvalue weighted by Gasteiger charge is 2.16. The molecule has 1 aromatic carbocycles. The van der Waals surface area contributed by atoms with Gasteiger partial charge in [-0.15, -0.1) is 10.2 Å². The number of imidazole rings is 1. The molecule has 0 bridgehead atoms. The maximum absolute atomic E-state index is 13.0. The van der Waals surface area contributed by atoms with Crippen molar-refractivity contribution in [1.29, 1.82) is 0 Å². The Hall–Kier alpha value is -2.42. The van der Waals surface area contributed by atoms with E-state index in [-0.39, 0.29) is 0 Å². The quantitative estimate of drug-likeness (QED) is 0.482. The van der Waals surface area contributed by atoms with Crippen LogP contribution >= 0.6 is 11.8 Å². The number of rotatable bonds is 9. The van der Waals surface area contributed by atoms with Crippen molar-refractivity contribution >= 4 is 17.4 Å². The van der Waals surface area contributed by atoms with Gasteiger partial charge in [0.2, 0.25) is 0 Å². The van der Waals surface area contributed by atoms with Gasteiger partial charge in [0.05, 0.1) is 5.75 Å². The number of hydrogen-bond donors (Lipinski definition) is 0. The molecular weight excluding hydrogens is 382 g/mol. The molecule has 6 nitrogen and oxygen atoms in total. The lowest BCUT2D eigenvalue weighted by molar-refractivity contribution is 0.0678. The van der Waals surface area contributed by atoms with E-state index in [1.807, 2.05) is 23.6 Å². The Kier molecular flexibility index (Phi) is 6.66. The smallest absolute Gasteiger partial charge is 0.319 e. The normalized spacial score (nSPS) is 11.4. The van der Waals surface area contributed by atoms with Crippen molar-refractivity contribution in [3.05, 3.63) is 42.5 Å². The molecule has 3 rings (SSSR count). The number of halogens is 2. The zero-order valence-corrected chi connectivity index (χ0v) is 17.0. The lowest BCUT2D eigenvalue weighted by Gasteiger charge is -2.21. The van der Waals surface area contributed by atoms with Gasteiger partial charge in [-0.05, 0) is 45.0 Å². The van der Waals surface area contributed by atoms with E-state index in [0.29, 0.717) is 23.3 Å². The summed E-state index contributed by atoms with van der Waals surface area (Å²) in [5, 5.41) is 9.29. The van der Waals surface area contributed by atoms with Gasteiger partial charge in [0.1, 0.15) is 5.82 Å². The highest BCUT2D eigenvalue weighted by Crippen LogP contribution is 2.28. The molecule has 150 valence electrons. The number of aromatic nitrogens is 5. The van der Waals surface area contributed by atoms with Crippen LogP contribution in [0.3, 0.4) is 0 Å². The van der Waals surface area contributed by atoms with Crippen LogP contribution in [0, 0.1) is 0 Å². The van der Waals surface area contributed by atoms with E-state index < -0.39 is 6.55 Å². The molecule has 0 aliphatic heterocycles. The van der Waals surface area contributed by atoms with Crippen LogP contribution in [0.5, 0.6) is 0 Å². The van der Waals surface area contributed by atoms with Gasteiger partial charge in [-0.1, -0.05) is 11.8 Å². The van der Waals surface area contributed by atoms with E-state index in [2.05, 4.69) is 46.1 Å². The summed E-state index contributed by atoms with van der Waals surface area (Å²) in [4.78, 5) is 6.29. The molecule has 0 N–H and O–H groups in total. The molecule has 0 fully saturated rings. The van der Waals surface area contributed by atoms with E-state index in [1.54, 1.807) is 0 Å². The number of thioether (sulfide) groups is 1. The standard InChI is InChI=1S/C19H24F2N6S/c1-4-25(5-2)15-9-7-14(8-10-15)17-23-24-19(26(17)6-3)28-13-16-22-11-12-27(16)18(20)21/h7-12,18H,4-6,13H2,1-3H3. The molecule has 0 unspecified atom stereocenters. The Balaban J connectivity index is 1.79. The van der Waals surface area contributed by atoms with Crippen molar-refractivity contribution in [2.24, 2.45) is 0 Å². The molecule has 0 amide bonds. The highest BCUT2D eigenvalue weighted by atomic mass is 32.2. The second kappa shape index (κ2) is 9.18. The maximum atomic E-state index is 13.0. The van der Waals surface area contributed by atoms with Crippen molar-refractivity contribution in [3.8, 4) is 11.4 Å². The fourth-order valence-electron chi connectivity index (χ4n) is 3.07. The van der Waals surface area contributed by atoms with Crippen molar-refractivity contribution in [3.63, 3.8) is 0 Å². The molecule has 0 saturated heterocycles. The first-order valence-electron chi connectivity index (χ1n) is 9.30. The molecule has 2 heterocycles. The van der Waals surface area contributed by atoms with Crippen LogP contribution in [-0.4, -0.2) is 37.4 Å². The minimum Gasteiger partial charge on any atom is -0.372 e. The summed E-state index contributed by atoms with van der Waals surface area (Å²) in [6.45, 7) is 6.28. The molecule has 0 aliphatic rings. The van der Waals surface area contributed by atoms with Gasteiger partial charge >= 0.3 is 6.55 Å². The van der Waals surface area contributed by atoms with E-state index in [9.17, 15) is 8.78 Å². The largest absolute Gasteiger partial charge is 0.372 e. The average molecular weight is 407 g/mol. The monoisotopic (exact) mass is 406 g/mol. The summed E-state index contributed by atoms with van der Waals surface area (Å²) in [6, 6.07) is 8.26. The Bertz CT molecular complexity index is 886. The predicted molar refractivity (Wildman–Crippen MR) is 108 cm³/mol. The van der Waals surface area contributed by atoms with Gasteiger partial charge in [0.15, 0.2) is 11.0 Å². The summed E-state index contributed by atoms with van der Waals surface area (Å²) in [6.07, 6.45) is 2.67. The molecule has 2 aromatic heterocycles. The molecule has 0 saturated carbocycles. The summed E-state index contributed by atoms with van der Waals surface area (Å²) in [7, 11) is 0. The van der Waals surface area contributed by atoms with E-state index in [4.69, 9.17) is 0 Å². The van der Waals surface area contributed by atoms with Crippen molar-refractivity contribution < 1.29 is 8.78 Å². The predicted octanol–water partition coefficient (Wildman–Crippen LogP) is 4.70. The molecule has 0 spiro atoms. The average Bonchev–Trinajstić information content (AvgIpc) is 3.34. The van der Waals surface area contributed by atoms with Crippen LogP contribution in [0.2, 0.25) is 0 Å². The maximum Gasteiger partial charge on any atom is 0.319 e. The summed E-state index contributed by atoms with van der Waals surface area (Å²) < 4.78 is 28.8. The third-order valence-corrected chi connectivity index (χ3v) is 5.54. The van der Waals surface area contributed by atoms with Gasteiger partial charge in [-0.3, -0.25) is 4.57 Å². The van der Waals surface area contributed by atoms with Crippen molar-refractivity contribution in [2.45, 2.75) is 44.8 Å². The van der Waals surface area contributed by atoms with Gasteiger partial charge in [0.25, 0.3) is 0 Å². The minimum atomic E-state index is -2.60. The molecule has 28 heavy (non-hydrogen) atoms. The zero-order chi connectivity index (χ0) is 20.1. The first kappa shape index (κ1) is 20.3. The van der Waals surface area contributed by atoms with Crippen LogP contribution in [0.25, 0.3) is 11.4 Å². The molecular formula is C19H24F2N6S. The Labute approximate surface area is 167 Å². The van der Waals surface area contributed by atoms with Crippen LogP contribution in [-0.2, 0) is 12.3 Å². The van der Waals surface area contributed by atoms with Gasteiger partial charge < -0.3 is 9.47 Å². The molecule has 9 heteroatoms. The van der Waals surface area contributed by atoms with Crippen LogP contribution in [0.4, 0.5) is 14.5 Å². The molecule has 3 aromatic rings. The van der Waals surface area contributed by atoms with Gasteiger partial charge in [-0.25, -0.2) is 4.98 Å². The second-order valence-electron chi connectivity index (χ2n) is 6.09. The van der Waals surface area contributed by atoms with E-state index in [0.717, 1.165) is 29.0 Å². The summed E-state index contributed by atoms with van der Waals surface area (Å²) >= 11 is 1.36. The third kappa shape index (κ3) is 4.19. The van der Waals surface area contributed by atoms with Crippen LogP contribution in [0.15, 0.2) is 41.8 Å². The lowest BCUT2D eigenvalue weighted by Crippen LogP contribution is -2.21. The van der Waals surface area contributed by atoms with Crippen molar-refractivity contribution in [2.75, 3.05) is 18.0 Å². The molecule has 0 atom stereocenters. The van der Waals surface area contributed by atoms with Gasteiger partial charge in [0, 0.05) is 43.3 Å². The summed E-state index contributed by atoms with van der Waals surface area (Å²) in [5.74, 6) is 1.39. The van der Waals surface area contributed by atoms with Crippen LogP contribution < -0.4 is 4.90 Å². The van der Waals surface area contributed by atoms with Crippen molar-refractivity contribution in [1.82, 2.24) is 24.3 Å². The number of hydrogen-bond acceptors (Lipinski definition) is 5. The minimum absolute atomic E-state index is 0.302. The molecule has 0 aliphatic carbocycles. The number of benzene rings is 1. The zero-order valence-electron chi connectivity index (χ0n) is 16.2.